The third-order valence-corrected chi connectivity index (χ3v) is 4.20. The van der Waals surface area contributed by atoms with E-state index in [4.69, 9.17) is 16.3 Å². The average Bonchev–Trinajstić information content (AvgIpc) is 2.88. The maximum absolute atomic E-state index is 5.96. The summed E-state index contributed by atoms with van der Waals surface area (Å²) in [7, 11) is 1.54. The Balaban J connectivity index is 2.18. The van der Waals surface area contributed by atoms with Crippen molar-refractivity contribution in [3.8, 4) is 5.75 Å². The Morgan fingerprint density at radius 2 is 2.21 bits per heavy atom. The molecule has 2 aromatic heterocycles. The first-order valence-electron chi connectivity index (χ1n) is 5.91. The standard InChI is InChI=1S/C12H15ClN4OS/c1-4-8-5-14-12(19-8)7(2)17-11-9(18-3)10(13)15-6-16-11/h5-7H,4H2,1-3H3,(H,15,16,17). The first-order chi connectivity index (χ1) is 9.15. The third kappa shape index (κ3) is 3.13. The van der Waals surface area contributed by atoms with Gasteiger partial charge in [-0.05, 0) is 13.3 Å². The molecule has 1 unspecified atom stereocenters. The van der Waals surface area contributed by atoms with Crippen LogP contribution >= 0.6 is 22.9 Å². The van der Waals surface area contributed by atoms with Gasteiger partial charge in [-0.1, -0.05) is 18.5 Å². The van der Waals surface area contributed by atoms with Crippen molar-refractivity contribution in [2.45, 2.75) is 26.3 Å². The van der Waals surface area contributed by atoms with Gasteiger partial charge in [0.2, 0.25) is 0 Å². The molecule has 19 heavy (non-hydrogen) atoms. The lowest BCUT2D eigenvalue weighted by Gasteiger charge is -2.14. The predicted molar refractivity (Wildman–Crippen MR) is 77.1 cm³/mol. The number of nitrogens with one attached hydrogen (secondary N) is 1. The zero-order valence-corrected chi connectivity index (χ0v) is 12.5. The molecular formula is C12H15ClN4OS. The van der Waals surface area contributed by atoms with Crippen LogP contribution in [0.4, 0.5) is 5.82 Å². The van der Waals surface area contributed by atoms with E-state index < -0.39 is 0 Å². The molecule has 1 atom stereocenters. The van der Waals surface area contributed by atoms with Crippen LogP contribution in [-0.4, -0.2) is 22.1 Å². The number of aromatic nitrogens is 3. The molecule has 5 nitrogen and oxygen atoms in total. The van der Waals surface area contributed by atoms with E-state index in [1.807, 2.05) is 13.1 Å². The van der Waals surface area contributed by atoms with Crippen LogP contribution in [0.5, 0.6) is 5.75 Å². The summed E-state index contributed by atoms with van der Waals surface area (Å²) in [4.78, 5) is 13.7. The van der Waals surface area contributed by atoms with E-state index in [-0.39, 0.29) is 6.04 Å². The molecule has 0 saturated carbocycles. The van der Waals surface area contributed by atoms with Crippen molar-refractivity contribution in [3.63, 3.8) is 0 Å². The second-order valence-electron chi connectivity index (χ2n) is 3.93. The minimum absolute atomic E-state index is 0.0326. The van der Waals surface area contributed by atoms with E-state index in [2.05, 4.69) is 27.2 Å². The molecule has 0 aliphatic heterocycles. The van der Waals surface area contributed by atoms with Gasteiger partial charge in [0.15, 0.2) is 16.7 Å². The lowest BCUT2D eigenvalue weighted by atomic mass is 10.3. The van der Waals surface area contributed by atoms with E-state index in [9.17, 15) is 0 Å². The van der Waals surface area contributed by atoms with Gasteiger partial charge in [-0.15, -0.1) is 11.3 Å². The van der Waals surface area contributed by atoms with Gasteiger partial charge in [0, 0.05) is 11.1 Å². The second kappa shape index (κ2) is 6.16. The molecule has 2 rings (SSSR count). The highest BCUT2D eigenvalue weighted by atomic mass is 35.5. The van der Waals surface area contributed by atoms with Gasteiger partial charge in [-0.3, -0.25) is 0 Å². The van der Waals surface area contributed by atoms with Gasteiger partial charge in [0.05, 0.1) is 13.2 Å². The molecular weight excluding hydrogens is 284 g/mol. The Morgan fingerprint density at radius 3 is 2.84 bits per heavy atom. The van der Waals surface area contributed by atoms with Crippen molar-refractivity contribution in [2.24, 2.45) is 0 Å². The first kappa shape index (κ1) is 14.0. The smallest absolute Gasteiger partial charge is 0.198 e. The second-order valence-corrected chi connectivity index (χ2v) is 5.44. The Kier molecular flexibility index (Phi) is 4.55. The number of methoxy groups -OCH3 is 1. The van der Waals surface area contributed by atoms with Crippen LogP contribution in [0.3, 0.4) is 0 Å². The van der Waals surface area contributed by atoms with Crippen LogP contribution in [0.25, 0.3) is 0 Å². The number of thiazole rings is 1. The Hall–Kier alpha value is -1.40. The number of anilines is 1. The van der Waals surface area contributed by atoms with Crippen molar-refractivity contribution in [1.82, 2.24) is 15.0 Å². The molecule has 0 aromatic carbocycles. The summed E-state index contributed by atoms with van der Waals surface area (Å²) in [6, 6.07) is 0.0326. The molecule has 0 bridgehead atoms. The van der Waals surface area contributed by atoms with E-state index >= 15 is 0 Å². The largest absolute Gasteiger partial charge is 0.490 e. The van der Waals surface area contributed by atoms with Crippen LogP contribution in [0.15, 0.2) is 12.5 Å². The van der Waals surface area contributed by atoms with Gasteiger partial charge in [0.25, 0.3) is 0 Å². The summed E-state index contributed by atoms with van der Waals surface area (Å²) in [5, 5.41) is 4.54. The molecule has 0 radical (unpaired) electrons. The highest BCUT2D eigenvalue weighted by molar-refractivity contribution is 7.11. The summed E-state index contributed by atoms with van der Waals surface area (Å²) in [6.07, 6.45) is 4.30. The van der Waals surface area contributed by atoms with Crippen molar-refractivity contribution >= 4 is 28.8 Å². The van der Waals surface area contributed by atoms with Crippen molar-refractivity contribution in [2.75, 3.05) is 12.4 Å². The summed E-state index contributed by atoms with van der Waals surface area (Å²) < 4.78 is 5.20. The Labute approximate surface area is 121 Å². The number of rotatable bonds is 5. The zero-order valence-electron chi connectivity index (χ0n) is 11.0. The summed E-state index contributed by atoms with van der Waals surface area (Å²) in [5.74, 6) is 1.02. The van der Waals surface area contributed by atoms with E-state index in [0.29, 0.717) is 16.7 Å². The lowest BCUT2D eigenvalue weighted by molar-refractivity contribution is 0.412. The number of hydrogen-bond acceptors (Lipinski definition) is 6. The number of ether oxygens (including phenoxy) is 1. The molecule has 1 N–H and O–H groups in total. The highest BCUT2D eigenvalue weighted by Crippen LogP contribution is 2.31. The van der Waals surface area contributed by atoms with Crippen LogP contribution < -0.4 is 10.1 Å². The predicted octanol–water partition coefficient (Wildman–Crippen LogP) is 3.33. The monoisotopic (exact) mass is 298 g/mol. The van der Waals surface area contributed by atoms with Gasteiger partial charge in [-0.2, -0.15) is 0 Å². The van der Waals surface area contributed by atoms with E-state index in [1.54, 1.807) is 18.4 Å². The fourth-order valence-electron chi connectivity index (χ4n) is 1.59. The van der Waals surface area contributed by atoms with Crippen LogP contribution in [0, 0.1) is 0 Å². The van der Waals surface area contributed by atoms with Crippen molar-refractivity contribution in [1.29, 1.82) is 0 Å². The molecule has 0 aliphatic carbocycles. The van der Waals surface area contributed by atoms with Crippen LogP contribution in [-0.2, 0) is 6.42 Å². The molecule has 0 saturated heterocycles. The molecule has 2 aromatic rings. The molecule has 0 aliphatic rings. The van der Waals surface area contributed by atoms with Crippen molar-refractivity contribution < 1.29 is 4.74 Å². The normalized spacial score (nSPS) is 12.2. The molecule has 102 valence electrons. The molecule has 0 spiro atoms. The minimum atomic E-state index is 0.0326. The van der Waals surface area contributed by atoms with E-state index in [1.165, 1.54) is 11.2 Å². The van der Waals surface area contributed by atoms with Gasteiger partial charge in [-0.25, -0.2) is 15.0 Å². The molecule has 2 heterocycles. The van der Waals surface area contributed by atoms with Gasteiger partial charge in [0.1, 0.15) is 11.3 Å². The molecule has 0 amide bonds. The number of aryl methyl sites for hydroxylation is 1. The third-order valence-electron chi connectivity index (χ3n) is 2.61. The number of nitrogens with zero attached hydrogens (tertiary/aromatic N) is 3. The Bertz CT molecular complexity index is 560. The van der Waals surface area contributed by atoms with Gasteiger partial charge >= 0.3 is 0 Å². The average molecular weight is 299 g/mol. The maximum atomic E-state index is 5.96. The quantitative estimate of drug-likeness (QED) is 0.858. The minimum Gasteiger partial charge on any atom is -0.490 e. The lowest BCUT2D eigenvalue weighted by Crippen LogP contribution is -2.09. The fourth-order valence-corrected chi connectivity index (χ4v) is 2.66. The molecule has 7 heteroatoms. The van der Waals surface area contributed by atoms with Gasteiger partial charge < -0.3 is 10.1 Å². The topological polar surface area (TPSA) is 59.9 Å². The van der Waals surface area contributed by atoms with Crippen LogP contribution in [0.1, 0.15) is 29.8 Å². The van der Waals surface area contributed by atoms with E-state index in [0.717, 1.165) is 11.4 Å². The summed E-state index contributed by atoms with van der Waals surface area (Å²) in [6.45, 7) is 4.14. The van der Waals surface area contributed by atoms with Crippen molar-refractivity contribution in [3.05, 3.63) is 27.6 Å². The summed E-state index contributed by atoms with van der Waals surface area (Å²) in [5.41, 5.74) is 0. The van der Waals surface area contributed by atoms with Crippen LogP contribution in [0.2, 0.25) is 5.15 Å². The maximum Gasteiger partial charge on any atom is 0.198 e. The summed E-state index contributed by atoms with van der Waals surface area (Å²) >= 11 is 7.64. The Morgan fingerprint density at radius 1 is 1.42 bits per heavy atom. The highest BCUT2D eigenvalue weighted by Gasteiger charge is 2.15. The number of hydrogen-bond donors (Lipinski definition) is 1. The number of halogens is 1. The first-order valence-corrected chi connectivity index (χ1v) is 7.10. The SMILES string of the molecule is CCc1cnc(C(C)Nc2ncnc(Cl)c2OC)s1. The fraction of sp³-hybridized carbons (Fsp3) is 0.417. The zero-order chi connectivity index (χ0) is 13.8. The molecule has 0 fully saturated rings.